The van der Waals surface area contributed by atoms with Crippen LogP contribution in [0.2, 0.25) is 0 Å². The Hall–Kier alpha value is -3.52. The van der Waals surface area contributed by atoms with Gasteiger partial charge in [0.2, 0.25) is 0 Å². The van der Waals surface area contributed by atoms with Crippen molar-refractivity contribution in [2.45, 2.75) is 25.7 Å². The van der Waals surface area contributed by atoms with Crippen LogP contribution in [-0.4, -0.2) is 27.0 Å². The fourth-order valence-electron chi connectivity index (χ4n) is 3.69. The quantitative estimate of drug-likeness (QED) is 0.501. The van der Waals surface area contributed by atoms with E-state index < -0.39 is 5.97 Å². The van der Waals surface area contributed by atoms with Gasteiger partial charge in [0.05, 0.1) is 17.2 Å². The van der Waals surface area contributed by atoms with Crippen molar-refractivity contribution in [1.82, 2.24) is 9.66 Å². The molecule has 5 rings (SSSR count). The van der Waals surface area contributed by atoms with Crippen molar-refractivity contribution >= 4 is 33.7 Å². The van der Waals surface area contributed by atoms with Crippen molar-refractivity contribution in [3.05, 3.63) is 74.8 Å². The molecule has 0 unspecified atom stereocenters. The second kappa shape index (κ2) is 7.38. The summed E-state index contributed by atoms with van der Waals surface area (Å²) in [5.74, 6) is 0.0876. The molecule has 0 bridgehead atoms. The van der Waals surface area contributed by atoms with Crippen molar-refractivity contribution in [3.63, 3.8) is 0 Å². The molecule has 4 aromatic rings. The first-order valence-electron chi connectivity index (χ1n) is 9.60. The van der Waals surface area contributed by atoms with Gasteiger partial charge in [-0.1, -0.05) is 12.1 Å². The lowest BCUT2D eigenvalue weighted by atomic mass is 9.97. The van der Waals surface area contributed by atoms with Gasteiger partial charge in [0.15, 0.2) is 0 Å². The van der Waals surface area contributed by atoms with E-state index in [1.54, 1.807) is 35.6 Å². The number of fused-ring (bicyclic) bond motifs is 3. The van der Waals surface area contributed by atoms with Crippen LogP contribution in [0, 0.1) is 0 Å². The highest BCUT2D eigenvalue weighted by Gasteiger charge is 2.19. The lowest BCUT2D eigenvalue weighted by Crippen LogP contribution is -2.17. The number of carboxylic acids is 1. The molecule has 0 atom stereocenters. The first kappa shape index (κ1) is 18.5. The van der Waals surface area contributed by atoms with Crippen molar-refractivity contribution in [3.8, 4) is 11.3 Å². The Morgan fingerprint density at radius 2 is 1.97 bits per heavy atom. The molecule has 3 heterocycles. The van der Waals surface area contributed by atoms with Gasteiger partial charge in [-0.2, -0.15) is 9.78 Å². The van der Waals surface area contributed by atoms with Crippen LogP contribution in [-0.2, 0) is 12.8 Å². The van der Waals surface area contributed by atoms with E-state index in [1.165, 1.54) is 34.2 Å². The molecule has 1 N–H and O–H groups in total. The van der Waals surface area contributed by atoms with Gasteiger partial charge in [0, 0.05) is 10.4 Å². The van der Waals surface area contributed by atoms with E-state index in [1.807, 2.05) is 0 Å². The molecule has 150 valence electrons. The highest BCUT2D eigenvalue weighted by molar-refractivity contribution is 7.18. The lowest BCUT2D eigenvalue weighted by molar-refractivity contribution is 0.0697. The summed E-state index contributed by atoms with van der Waals surface area (Å²) in [5.41, 5.74) is 1.94. The average molecular weight is 419 g/mol. The van der Waals surface area contributed by atoms with E-state index in [0.717, 1.165) is 41.6 Å². The molecule has 7 nitrogen and oxygen atoms in total. The number of benzene rings is 1. The van der Waals surface area contributed by atoms with E-state index in [9.17, 15) is 9.59 Å². The molecular weight excluding hydrogens is 402 g/mol. The number of aromatic nitrogens is 2. The first-order chi connectivity index (χ1) is 14.6. The molecule has 0 fully saturated rings. The summed E-state index contributed by atoms with van der Waals surface area (Å²) >= 11 is 1.61. The van der Waals surface area contributed by atoms with Crippen LogP contribution in [0.5, 0.6) is 0 Å². The molecule has 8 heteroatoms. The summed E-state index contributed by atoms with van der Waals surface area (Å²) in [6.07, 6.45) is 7.11. The van der Waals surface area contributed by atoms with Crippen molar-refractivity contribution in [2.24, 2.45) is 5.10 Å². The molecule has 0 aliphatic heterocycles. The van der Waals surface area contributed by atoms with E-state index in [4.69, 9.17) is 9.52 Å². The third-order valence-corrected chi connectivity index (χ3v) is 6.41. The Kier molecular flexibility index (Phi) is 4.55. The monoisotopic (exact) mass is 419 g/mol. The molecule has 0 amide bonds. The van der Waals surface area contributed by atoms with Gasteiger partial charge < -0.3 is 9.52 Å². The summed E-state index contributed by atoms with van der Waals surface area (Å²) < 4.78 is 7.01. The number of thiophene rings is 1. The number of furan rings is 1. The van der Waals surface area contributed by atoms with Gasteiger partial charge in [-0.05, 0) is 55.5 Å². The predicted octanol–water partition coefficient (Wildman–Crippen LogP) is 4.18. The van der Waals surface area contributed by atoms with Gasteiger partial charge in [0.25, 0.3) is 5.56 Å². The van der Waals surface area contributed by atoms with Crippen molar-refractivity contribution in [2.75, 3.05) is 0 Å². The number of hydrogen-bond donors (Lipinski definition) is 1. The van der Waals surface area contributed by atoms with E-state index in [0.29, 0.717) is 16.9 Å². The number of rotatable bonds is 4. The molecule has 0 saturated carbocycles. The maximum atomic E-state index is 12.9. The van der Waals surface area contributed by atoms with Crippen LogP contribution >= 0.6 is 11.3 Å². The number of nitrogens with zero attached hydrogens (tertiary/aromatic N) is 3. The largest absolute Gasteiger partial charge is 0.478 e. The van der Waals surface area contributed by atoms with E-state index in [-0.39, 0.29) is 11.1 Å². The van der Waals surface area contributed by atoms with E-state index in [2.05, 4.69) is 10.1 Å². The molecule has 3 aromatic heterocycles. The highest BCUT2D eigenvalue weighted by Crippen LogP contribution is 2.33. The van der Waals surface area contributed by atoms with Gasteiger partial charge in [-0.3, -0.25) is 4.79 Å². The molecule has 30 heavy (non-hydrogen) atoms. The minimum absolute atomic E-state index is 0.160. The topological polar surface area (TPSA) is 97.7 Å². The summed E-state index contributed by atoms with van der Waals surface area (Å²) in [6, 6.07) is 9.94. The Labute approximate surface area is 174 Å². The zero-order chi connectivity index (χ0) is 20.7. The maximum Gasteiger partial charge on any atom is 0.335 e. The Morgan fingerprint density at radius 1 is 1.17 bits per heavy atom. The van der Waals surface area contributed by atoms with Crippen LogP contribution in [0.4, 0.5) is 0 Å². The van der Waals surface area contributed by atoms with Crippen LogP contribution < -0.4 is 5.56 Å². The summed E-state index contributed by atoms with van der Waals surface area (Å²) in [5, 5.41) is 13.9. The SMILES string of the molecule is O=C(O)c1ccc(-c2ccc(/C=N\n3cnc4sc5c(c4c3=O)CCCC5)o2)cc1. The molecule has 0 radical (unpaired) electrons. The zero-order valence-corrected chi connectivity index (χ0v) is 16.7. The van der Waals surface area contributed by atoms with Crippen molar-refractivity contribution < 1.29 is 14.3 Å². The minimum atomic E-state index is -0.975. The third kappa shape index (κ3) is 3.25. The van der Waals surface area contributed by atoms with Crippen LogP contribution in [0.25, 0.3) is 21.5 Å². The predicted molar refractivity (Wildman–Crippen MR) is 115 cm³/mol. The number of aryl methyl sites for hydroxylation is 2. The number of aromatic carboxylic acids is 1. The average Bonchev–Trinajstić information content (AvgIpc) is 3.38. The second-order valence-corrected chi connectivity index (χ2v) is 8.20. The van der Waals surface area contributed by atoms with Gasteiger partial charge in [-0.15, -0.1) is 11.3 Å². The molecule has 0 saturated heterocycles. The Bertz CT molecular complexity index is 1350. The fraction of sp³-hybridized carbons (Fsp3) is 0.182. The van der Waals surface area contributed by atoms with E-state index >= 15 is 0 Å². The molecule has 0 spiro atoms. The standard InChI is InChI=1S/C22H17N3O4S/c26-21-19-16-3-1-2-4-18(16)30-20(19)23-12-25(21)24-11-15-9-10-17(29-15)13-5-7-14(8-6-13)22(27)28/h5-12H,1-4H2,(H,27,28)/b24-11-. The van der Waals surface area contributed by atoms with Gasteiger partial charge in [-0.25, -0.2) is 9.78 Å². The Balaban J connectivity index is 1.43. The van der Waals surface area contributed by atoms with Crippen molar-refractivity contribution in [1.29, 1.82) is 0 Å². The maximum absolute atomic E-state index is 12.9. The lowest BCUT2D eigenvalue weighted by Gasteiger charge is -2.09. The number of hydrogen-bond acceptors (Lipinski definition) is 6. The summed E-state index contributed by atoms with van der Waals surface area (Å²) in [6.45, 7) is 0. The van der Waals surface area contributed by atoms with Crippen LogP contribution in [0.3, 0.4) is 0 Å². The summed E-state index contributed by atoms with van der Waals surface area (Å²) in [7, 11) is 0. The molecule has 1 aliphatic rings. The van der Waals surface area contributed by atoms with Crippen LogP contribution in [0.15, 0.2) is 57.0 Å². The zero-order valence-electron chi connectivity index (χ0n) is 15.9. The first-order valence-corrected chi connectivity index (χ1v) is 10.4. The minimum Gasteiger partial charge on any atom is -0.478 e. The summed E-state index contributed by atoms with van der Waals surface area (Å²) in [4.78, 5) is 30.4. The van der Waals surface area contributed by atoms with Gasteiger partial charge >= 0.3 is 5.97 Å². The highest BCUT2D eigenvalue weighted by atomic mass is 32.1. The molecule has 1 aromatic carbocycles. The smallest absolute Gasteiger partial charge is 0.335 e. The second-order valence-electron chi connectivity index (χ2n) is 7.11. The van der Waals surface area contributed by atoms with Gasteiger partial charge in [0.1, 0.15) is 22.7 Å². The fourth-order valence-corrected chi connectivity index (χ4v) is 4.91. The Morgan fingerprint density at radius 3 is 2.77 bits per heavy atom. The number of carboxylic acid groups (broad SMARTS) is 1. The molecule has 1 aliphatic carbocycles. The normalized spacial score (nSPS) is 13.7. The molecular formula is C22H17N3O4S. The number of carbonyl (C=O) groups is 1. The third-order valence-electron chi connectivity index (χ3n) is 5.21. The van der Waals surface area contributed by atoms with Crippen LogP contribution in [0.1, 0.15) is 39.4 Å².